The Morgan fingerprint density at radius 1 is 0.971 bits per heavy atom. The van der Waals surface area contributed by atoms with Crippen molar-refractivity contribution in [3.8, 4) is 28.3 Å². The highest BCUT2D eigenvalue weighted by atomic mass is 16.6. The molecule has 0 spiro atoms. The van der Waals surface area contributed by atoms with Crippen LogP contribution in [-0.2, 0) is 28.9 Å². The summed E-state index contributed by atoms with van der Waals surface area (Å²) in [6.07, 6.45) is 4.94. The predicted octanol–water partition coefficient (Wildman–Crippen LogP) is 5.57. The number of hydrogen-bond donors (Lipinski definition) is 0. The molecule has 1 heterocycles. The van der Waals surface area contributed by atoms with E-state index in [0.717, 1.165) is 48.5 Å². The van der Waals surface area contributed by atoms with E-state index < -0.39 is 0 Å². The minimum absolute atomic E-state index is 0.0614. The van der Waals surface area contributed by atoms with Crippen molar-refractivity contribution >= 4 is 5.97 Å². The number of carbonyl (C=O) groups excluding carboxylic acids is 1. The Kier molecular flexibility index (Phi) is 6.43. The lowest BCUT2D eigenvalue weighted by Crippen LogP contribution is -2.21. The first-order valence-corrected chi connectivity index (χ1v) is 11.7. The first-order chi connectivity index (χ1) is 16.7. The van der Waals surface area contributed by atoms with Gasteiger partial charge in [-0.25, -0.2) is 9.78 Å². The van der Waals surface area contributed by atoms with Crippen molar-refractivity contribution in [2.45, 2.75) is 25.8 Å². The van der Waals surface area contributed by atoms with Gasteiger partial charge >= 0.3 is 5.97 Å². The van der Waals surface area contributed by atoms with Gasteiger partial charge in [0.1, 0.15) is 5.75 Å². The summed E-state index contributed by atoms with van der Waals surface area (Å²) < 4.78 is 12.8. The number of hydrogen-bond acceptors (Lipinski definition) is 4. The number of fused-ring (bicyclic) bond motifs is 1. The van der Waals surface area contributed by atoms with E-state index >= 15 is 0 Å². The summed E-state index contributed by atoms with van der Waals surface area (Å²) >= 11 is 0. The van der Waals surface area contributed by atoms with E-state index in [-0.39, 0.29) is 12.6 Å². The highest BCUT2D eigenvalue weighted by molar-refractivity contribution is 5.78. The number of nitrogens with zero attached hydrogens (tertiary/aromatic N) is 2. The van der Waals surface area contributed by atoms with Crippen molar-refractivity contribution in [3.63, 3.8) is 0 Å². The van der Waals surface area contributed by atoms with Crippen LogP contribution in [0.3, 0.4) is 0 Å². The number of benzene rings is 3. The monoisotopic (exact) mass is 452 g/mol. The zero-order valence-electron chi connectivity index (χ0n) is 19.3. The minimum atomic E-state index is -0.367. The van der Waals surface area contributed by atoms with E-state index in [1.165, 1.54) is 23.8 Å². The molecule has 0 N–H and O–H groups in total. The third kappa shape index (κ3) is 4.60. The quantitative estimate of drug-likeness (QED) is 0.344. The molecule has 1 atom stereocenters. The van der Waals surface area contributed by atoms with Crippen LogP contribution >= 0.6 is 0 Å². The van der Waals surface area contributed by atoms with Gasteiger partial charge in [0.2, 0.25) is 0 Å². The molecule has 0 saturated heterocycles. The first kappa shape index (κ1) is 22.0. The van der Waals surface area contributed by atoms with E-state index in [1.807, 2.05) is 30.6 Å². The summed E-state index contributed by atoms with van der Waals surface area (Å²) in [7, 11) is 1.37. The maximum atomic E-state index is 11.5. The highest BCUT2D eigenvalue weighted by Gasteiger charge is 2.24. The third-order valence-corrected chi connectivity index (χ3v) is 6.50. The molecule has 1 aliphatic rings. The molecule has 0 radical (unpaired) electrons. The smallest absolute Gasteiger partial charge is 0.343 e. The molecule has 5 heteroatoms. The van der Waals surface area contributed by atoms with Crippen LogP contribution < -0.4 is 4.74 Å². The fraction of sp³-hybridized carbons (Fsp3) is 0.241. The maximum Gasteiger partial charge on any atom is 0.343 e. The number of methoxy groups -OCH3 is 1. The summed E-state index contributed by atoms with van der Waals surface area (Å²) in [5, 5.41) is 0. The number of esters is 1. The zero-order valence-corrected chi connectivity index (χ0v) is 19.3. The standard InChI is InChI=1S/C29H28N2O3/c1-33-27(32)19-34-26-14-8-13-24-17-21(15-16-25(24)26)18-31-20-30-28(22-9-4-2-5-10-22)29(31)23-11-6-3-7-12-23/h2-14,20-21H,15-19H2,1H3. The van der Waals surface area contributed by atoms with Crippen LogP contribution in [0.15, 0.2) is 85.2 Å². The molecular weight excluding hydrogens is 424 g/mol. The summed E-state index contributed by atoms with van der Waals surface area (Å²) in [4.78, 5) is 16.3. The van der Waals surface area contributed by atoms with Gasteiger partial charge in [-0.05, 0) is 42.4 Å². The van der Waals surface area contributed by atoms with Gasteiger partial charge in [0.15, 0.2) is 6.61 Å². The minimum Gasteiger partial charge on any atom is -0.482 e. The van der Waals surface area contributed by atoms with E-state index in [4.69, 9.17) is 14.5 Å². The topological polar surface area (TPSA) is 53.4 Å². The number of ether oxygens (including phenoxy) is 2. The summed E-state index contributed by atoms with van der Waals surface area (Å²) in [6, 6.07) is 27.0. The van der Waals surface area contributed by atoms with Crippen molar-refractivity contribution in [3.05, 3.63) is 96.3 Å². The molecule has 34 heavy (non-hydrogen) atoms. The molecule has 0 bridgehead atoms. The van der Waals surface area contributed by atoms with Crippen LogP contribution in [0.4, 0.5) is 0 Å². The molecule has 172 valence electrons. The first-order valence-electron chi connectivity index (χ1n) is 11.7. The van der Waals surface area contributed by atoms with Gasteiger partial charge in [0.05, 0.1) is 24.8 Å². The fourth-order valence-corrected chi connectivity index (χ4v) is 4.84. The molecule has 1 aliphatic carbocycles. The summed E-state index contributed by atoms with van der Waals surface area (Å²) in [5.41, 5.74) is 6.98. The fourth-order valence-electron chi connectivity index (χ4n) is 4.84. The maximum absolute atomic E-state index is 11.5. The molecule has 0 saturated carbocycles. The Morgan fingerprint density at radius 2 is 1.71 bits per heavy atom. The normalized spacial score (nSPS) is 14.9. The molecule has 5 rings (SSSR count). The molecule has 5 nitrogen and oxygen atoms in total. The molecule has 4 aromatic rings. The largest absolute Gasteiger partial charge is 0.482 e. The lowest BCUT2D eigenvalue weighted by atomic mass is 9.83. The molecule has 3 aromatic carbocycles. The number of carbonyl (C=O) groups is 1. The van der Waals surface area contributed by atoms with Crippen LogP contribution in [0.2, 0.25) is 0 Å². The van der Waals surface area contributed by atoms with Gasteiger partial charge in [-0.2, -0.15) is 0 Å². The Morgan fingerprint density at radius 3 is 2.44 bits per heavy atom. The average Bonchev–Trinajstić information content (AvgIpc) is 3.31. The molecule has 1 unspecified atom stereocenters. The summed E-state index contributed by atoms with van der Waals surface area (Å²) in [6.45, 7) is 0.838. The van der Waals surface area contributed by atoms with Crippen LogP contribution in [-0.4, -0.2) is 29.2 Å². The third-order valence-electron chi connectivity index (χ3n) is 6.50. The number of rotatable bonds is 7. The van der Waals surface area contributed by atoms with Gasteiger partial charge in [-0.15, -0.1) is 0 Å². The second-order valence-corrected chi connectivity index (χ2v) is 8.69. The lowest BCUT2D eigenvalue weighted by molar-refractivity contribution is -0.142. The summed E-state index contributed by atoms with van der Waals surface area (Å²) in [5.74, 6) is 0.915. The van der Waals surface area contributed by atoms with E-state index in [9.17, 15) is 4.79 Å². The van der Waals surface area contributed by atoms with Gasteiger partial charge in [-0.3, -0.25) is 0 Å². The van der Waals surface area contributed by atoms with Gasteiger partial charge in [0, 0.05) is 17.7 Å². The van der Waals surface area contributed by atoms with E-state index in [0.29, 0.717) is 5.92 Å². The number of imidazole rings is 1. The van der Waals surface area contributed by atoms with Crippen LogP contribution in [0.1, 0.15) is 17.5 Å². The Hall–Kier alpha value is -3.86. The van der Waals surface area contributed by atoms with Crippen LogP contribution in [0.5, 0.6) is 5.75 Å². The predicted molar refractivity (Wildman–Crippen MR) is 133 cm³/mol. The van der Waals surface area contributed by atoms with E-state index in [2.05, 4.69) is 59.2 Å². The van der Waals surface area contributed by atoms with Crippen molar-refractivity contribution in [1.29, 1.82) is 0 Å². The van der Waals surface area contributed by atoms with Gasteiger partial charge in [0.25, 0.3) is 0 Å². The Bertz CT molecular complexity index is 1270. The van der Waals surface area contributed by atoms with Crippen LogP contribution in [0.25, 0.3) is 22.5 Å². The van der Waals surface area contributed by atoms with Crippen molar-refractivity contribution < 1.29 is 14.3 Å². The van der Waals surface area contributed by atoms with Gasteiger partial charge in [-0.1, -0.05) is 72.8 Å². The SMILES string of the molecule is COC(=O)COc1cccc2c1CCC(Cn1cnc(-c3ccccc3)c1-c1ccccc1)C2. The molecule has 0 aliphatic heterocycles. The Balaban J connectivity index is 1.40. The van der Waals surface area contributed by atoms with E-state index in [1.54, 1.807) is 0 Å². The van der Waals surface area contributed by atoms with Crippen LogP contribution in [0, 0.1) is 5.92 Å². The molecular formula is C29H28N2O3. The second-order valence-electron chi connectivity index (χ2n) is 8.69. The highest BCUT2D eigenvalue weighted by Crippen LogP contribution is 2.36. The lowest BCUT2D eigenvalue weighted by Gasteiger charge is -2.27. The molecule has 0 fully saturated rings. The second kappa shape index (κ2) is 9.96. The van der Waals surface area contributed by atoms with Crippen molar-refractivity contribution in [2.24, 2.45) is 5.92 Å². The van der Waals surface area contributed by atoms with Crippen molar-refractivity contribution in [2.75, 3.05) is 13.7 Å². The zero-order chi connectivity index (χ0) is 23.3. The average molecular weight is 453 g/mol. The molecule has 1 aromatic heterocycles. The Labute approximate surface area is 200 Å². The number of aromatic nitrogens is 2. The molecule has 0 amide bonds. The van der Waals surface area contributed by atoms with Crippen molar-refractivity contribution in [1.82, 2.24) is 9.55 Å². The van der Waals surface area contributed by atoms with Gasteiger partial charge < -0.3 is 14.0 Å².